The van der Waals surface area contributed by atoms with Gasteiger partial charge in [-0.25, -0.2) is 4.98 Å². The van der Waals surface area contributed by atoms with Gasteiger partial charge in [0.15, 0.2) is 0 Å². The number of aromatic amines is 1. The van der Waals surface area contributed by atoms with Crippen LogP contribution in [0.15, 0.2) is 34.2 Å². The number of thioether (sulfide) groups is 1. The summed E-state index contributed by atoms with van der Waals surface area (Å²) in [5, 5.41) is 13.3. The van der Waals surface area contributed by atoms with E-state index in [1.807, 2.05) is 52.0 Å². The molecule has 9 heteroatoms. The van der Waals surface area contributed by atoms with Crippen molar-refractivity contribution in [2.45, 2.75) is 38.1 Å². The molecular weight excluding hydrogens is 380 g/mol. The van der Waals surface area contributed by atoms with Gasteiger partial charge in [0.2, 0.25) is 5.16 Å². The maximum Gasteiger partial charge on any atom is 0.259 e. The number of aryl methyl sites for hydroxylation is 3. The van der Waals surface area contributed by atoms with E-state index in [-0.39, 0.29) is 10.8 Å². The summed E-state index contributed by atoms with van der Waals surface area (Å²) >= 11 is 3.01. The van der Waals surface area contributed by atoms with Gasteiger partial charge in [-0.05, 0) is 55.3 Å². The fourth-order valence-corrected chi connectivity index (χ4v) is 4.78. The van der Waals surface area contributed by atoms with Gasteiger partial charge in [-0.2, -0.15) is 4.68 Å². The molecule has 0 aliphatic rings. The van der Waals surface area contributed by atoms with Crippen molar-refractivity contribution >= 4 is 33.3 Å². The maximum atomic E-state index is 12.5. The fraction of sp³-hybridized carbons (Fsp3) is 0.278. The predicted molar refractivity (Wildman–Crippen MR) is 108 cm³/mol. The minimum absolute atomic E-state index is 0.0946. The van der Waals surface area contributed by atoms with Crippen molar-refractivity contribution in [3.8, 4) is 5.69 Å². The lowest BCUT2D eigenvalue weighted by Gasteiger charge is -2.11. The standard InChI is InChI=1S/C18H18N6OS2/c1-9-7-5-6-8-13(9)24-18(21-22-23-24)27-12(4)15-19-16(25)14-10(2)11(3)26-17(14)20-15/h5-8,12H,1-4H3,(H,19,20,25)/t12-/m1/s1. The third-order valence-corrected chi connectivity index (χ3v) is 6.65. The van der Waals surface area contributed by atoms with Crippen molar-refractivity contribution in [1.82, 2.24) is 30.2 Å². The Morgan fingerprint density at radius 3 is 2.78 bits per heavy atom. The van der Waals surface area contributed by atoms with E-state index in [1.54, 1.807) is 16.0 Å². The quantitative estimate of drug-likeness (QED) is 0.527. The number of aromatic nitrogens is 6. The van der Waals surface area contributed by atoms with Crippen molar-refractivity contribution < 1.29 is 0 Å². The second-order valence-electron chi connectivity index (χ2n) is 6.33. The van der Waals surface area contributed by atoms with E-state index in [1.165, 1.54) is 11.8 Å². The first-order chi connectivity index (χ1) is 13.0. The lowest BCUT2D eigenvalue weighted by Crippen LogP contribution is -2.13. The zero-order chi connectivity index (χ0) is 19.1. The fourth-order valence-electron chi connectivity index (χ4n) is 2.88. The highest BCUT2D eigenvalue weighted by molar-refractivity contribution is 7.99. The number of H-pyrrole nitrogens is 1. The molecule has 0 aliphatic heterocycles. The van der Waals surface area contributed by atoms with Crippen LogP contribution in [0.4, 0.5) is 0 Å². The van der Waals surface area contributed by atoms with Gasteiger partial charge in [0.05, 0.1) is 16.3 Å². The molecule has 0 unspecified atom stereocenters. The number of para-hydroxylation sites is 1. The summed E-state index contributed by atoms with van der Waals surface area (Å²) in [4.78, 5) is 22.0. The monoisotopic (exact) mass is 398 g/mol. The molecule has 1 N–H and O–H groups in total. The third-order valence-electron chi connectivity index (χ3n) is 4.51. The predicted octanol–water partition coefficient (Wildman–Crippen LogP) is 3.74. The molecule has 4 aromatic rings. The Balaban J connectivity index is 1.69. The third kappa shape index (κ3) is 3.17. The Hall–Kier alpha value is -2.52. The van der Waals surface area contributed by atoms with Crippen molar-refractivity contribution in [2.75, 3.05) is 0 Å². The molecule has 0 radical (unpaired) electrons. The molecule has 1 atom stereocenters. The highest BCUT2D eigenvalue weighted by atomic mass is 32.2. The first-order valence-electron chi connectivity index (χ1n) is 8.46. The molecule has 7 nitrogen and oxygen atoms in total. The van der Waals surface area contributed by atoms with E-state index in [9.17, 15) is 4.79 Å². The number of rotatable bonds is 4. The molecule has 3 heterocycles. The van der Waals surface area contributed by atoms with E-state index in [0.717, 1.165) is 26.5 Å². The maximum absolute atomic E-state index is 12.5. The normalized spacial score (nSPS) is 12.6. The molecule has 0 saturated carbocycles. The van der Waals surface area contributed by atoms with Crippen molar-refractivity contribution in [2.24, 2.45) is 0 Å². The average molecular weight is 399 g/mol. The molecule has 0 spiro atoms. The van der Waals surface area contributed by atoms with E-state index < -0.39 is 0 Å². The number of nitrogens with zero attached hydrogens (tertiary/aromatic N) is 5. The summed E-state index contributed by atoms with van der Waals surface area (Å²) < 4.78 is 1.71. The molecule has 0 fully saturated rings. The summed E-state index contributed by atoms with van der Waals surface area (Å²) in [5.74, 6) is 0.623. The van der Waals surface area contributed by atoms with E-state index in [0.29, 0.717) is 16.4 Å². The second-order valence-corrected chi connectivity index (χ2v) is 8.85. The van der Waals surface area contributed by atoms with Crippen LogP contribution in [0.5, 0.6) is 0 Å². The highest BCUT2D eigenvalue weighted by Crippen LogP contribution is 2.34. The molecule has 138 valence electrons. The first-order valence-corrected chi connectivity index (χ1v) is 10.2. The SMILES string of the molecule is Cc1ccccc1-n1nnnc1S[C@H](C)c1nc2sc(C)c(C)c2c(=O)[nH]1. The van der Waals surface area contributed by atoms with Crippen LogP contribution in [0.3, 0.4) is 0 Å². The minimum atomic E-state index is -0.112. The topological polar surface area (TPSA) is 89.3 Å². The summed E-state index contributed by atoms with van der Waals surface area (Å²) in [6.45, 7) is 7.97. The highest BCUT2D eigenvalue weighted by Gasteiger charge is 2.19. The molecule has 0 saturated heterocycles. The van der Waals surface area contributed by atoms with Gasteiger partial charge in [-0.3, -0.25) is 4.79 Å². The van der Waals surface area contributed by atoms with Gasteiger partial charge < -0.3 is 4.98 Å². The van der Waals surface area contributed by atoms with Crippen LogP contribution in [0.2, 0.25) is 0 Å². The van der Waals surface area contributed by atoms with Crippen LogP contribution < -0.4 is 5.56 Å². The van der Waals surface area contributed by atoms with E-state index >= 15 is 0 Å². The number of hydrogen-bond donors (Lipinski definition) is 1. The van der Waals surface area contributed by atoms with Crippen LogP contribution >= 0.6 is 23.1 Å². The lowest BCUT2D eigenvalue weighted by molar-refractivity contribution is 0.749. The minimum Gasteiger partial charge on any atom is -0.309 e. The number of benzene rings is 1. The van der Waals surface area contributed by atoms with Crippen LogP contribution in [0.1, 0.15) is 34.0 Å². The zero-order valence-corrected chi connectivity index (χ0v) is 17.0. The van der Waals surface area contributed by atoms with Crippen LogP contribution in [0, 0.1) is 20.8 Å². The second kappa shape index (κ2) is 6.90. The molecular formula is C18H18N6OS2. The van der Waals surface area contributed by atoms with Crippen molar-refractivity contribution in [1.29, 1.82) is 0 Å². The summed E-state index contributed by atoms with van der Waals surface area (Å²) in [6, 6.07) is 7.93. The number of tetrazole rings is 1. The van der Waals surface area contributed by atoms with Crippen LogP contribution in [-0.2, 0) is 0 Å². The Kier molecular flexibility index (Phi) is 4.56. The molecule has 0 bridgehead atoms. The Morgan fingerprint density at radius 1 is 1.22 bits per heavy atom. The van der Waals surface area contributed by atoms with Gasteiger partial charge in [-0.1, -0.05) is 30.0 Å². The summed E-state index contributed by atoms with van der Waals surface area (Å²) in [7, 11) is 0. The van der Waals surface area contributed by atoms with Crippen molar-refractivity contribution in [3.63, 3.8) is 0 Å². The van der Waals surface area contributed by atoms with E-state index in [4.69, 9.17) is 0 Å². The zero-order valence-electron chi connectivity index (χ0n) is 15.3. The van der Waals surface area contributed by atoms with Gasteiger partial charge in [-0.15, -0.1) is 16.4 Å². The smallest absolute Gasteiger partial charge is 0.259 e. The van der Waals surface area contributed by atoms with Crippen molar-refractivity contribution in [3.05, 3.63) is 56.4 Å². The largest absolute Gasteiger partial charge is 0.309 e. The lowest BCUT2D eigenvalue weighted by atomic mass is 10.2. The van der Waals surface area contributed by atoms with Gasteiger partial charge in [0, 0.05) is 4.88 Å². The average Bonchev–Trinajstić information content (AvgIpc) is 3.20. The Morgan fingerprint density at radius 2 is 2.00 bits per heavy atom. The van der Waals surface area contributed by atoms with E-state index in [2.05, 4.69) is 25.5 Å². The molecule has 27 heavy (non-hydrogen) atoms. The van der Waals surface area contributed by atoms with Crippen LogP contribution in [0.25, 0.3) is 15.9 Å². The molecule has 0 amide bonds. The number of hydrogen-bond acceptors (Lipinski definition) is 7. The number of thiophene rings is 1. The van der Waals surface area contributed by atoms with Gasteiger partial charge >= 0.3 is 0 Å². The molecule has 3 aromatic heterocycles. The first kappa shape index (κ1) is 17.9. The van der Waals surface area contributed by atoms with Crippen LogP contribution in [-0.4, -0.2) is 30.2 Å². The molecule has 1 aromatic carbocycles. The molecule has 4 rings (SSSR count). The number of fused-ring (bicyclic) bond motifs is 1. The number of nitrogens with one attached hydrogen (secondary N) is 1. The van der Waals surface area contributed by atoms with Gasteiger partial charge in [0.1, 0.15) is 10.7 Å². The summed E-state index contributed by atoms with van der Waals surface area (Å²) in [6.07, 6.45) is 0. The van der Waals surface area contributed by atoms with Gasteiger partial charge in [0.25, 0.3) is 5.56 Å². The molecule has 0 aliphatic carbocycles. The Bertz CT molecular complexity index is 1190. The Labute approximate surface area is 163 Å². The summed E-state index contributed by atoms with van der Waals surface area (Å²) in [5.41, 5.74) is 2.91.